The lowest BCUT2D eigenvalue weighted by Gasteiger charge is -2.25. The standard InChI is InChI=1S/C10H13NO3S2/c12-9(10-2-1-5-15-10)8-11-3-6-16(13,14)7-4-11/h1-2,5H,3-4,6-8H2. The second kappa shape index (κ2) is 4.65. The van der Waals surface area contributed by atoms with E-state index in [-0.39, 0.29) is 17.3 Å². The van der Waals surface area contributed by atoms with Crippen LogP contribution < -0.4 is 0 Å². The normalized spacial score (nSPS) is 20.8. The highest BCUT2D eigenvalue weighted by Crippen LogP contribution is 2.11. The first-order valence-electron chi connectivity index (χ1n) is 5.06. The highest BCUT2D eigenvalue weighted by Gasteiger charge is 2.23. The molecule has 0 saturated carbocycles. The van der Waals surface area contributed by atoms with Crippen LogP contribution in [0.4, 0.5) is 0 Å². The molecule has 2 heterocycles. The SMILES string of the molecule is O=C(CN1CCS(=O)(=O)CC1)c1cccs1. The number of hydrogen-bond donors (Lipinski definition) is 0. The lowest BCUT2D eigenvalue weighted by molar-refractivity contribution is 0.0940. The number of carbonyl (C=O) groups excluding carboxylic acids is 1. The topological polar surface area (TPSA) is 54.5 Å². The molecule has 0 spiro atoms. The molecule has 6 heteroatoms. The summed E-state index contributed by atoms with van der Waals surface area (Å²) < 4.78 is 22.4. The summed E-state index contributed by atoms with van der Waals surface area (Å²) in [5.74, 6) is 0.421. The smallest absolute Gasteiger partial charge is 0.186 e. The molecule has 0 radical (unpaired) electrons. The van der Waals surface area contributed by atoms with E-state index in [1.54, 1.807) is 6.07 Å². The van der Waals surface area contributed by atoms with Crippen LogP contribution in [0.5, 0.6) is 0 Å². The minimum absolute atomic E-state index is 0.0781. The fourth-order valence-corrected chi connectivity index (χ4v) is 3.56. The minimum atomic E-state index is -2.86. The van der Waals surface area contributed by atoms with Gasteiger partial charge in [0.05, 0.1) is 22.9 Å². The van der Waals surface area contributed by atoms with Crippen LogP contribution in [0.3, 0.4) is 0 Å². The molecule has 2 rings (SSSR count). The van der Waals surface area contributed by atoms with Gasteiger partial charge in [0, 0.05) is 13.1 Å². The van der Waals surface area contributed by atoms with Gasteiger partial charge in [-0.2, -0.15) is 0 Å². The van der Waals surface area contributed by atoms with E-state index in [1.165, 1.54) is 11.3 Å². The monoisotopic (exact) mass is 259 g/mol. The number of carbonyl (C=O) groups is 1. The van der Waals surface area contributed by atoms with Crippen molar-refractivity contribution in [1.29, 1.82) is 0 Å². The predicted octanol–water partition coefficient (Wildman–Crippen LogP) is 0.661. The third kappa shape index (κ3) is 2.90. The molecule has 0 aliphatic carbocycles. The van der Waals surface area contributed by atoms with E-state index in [1.807, 2.05) is 16.3 Å². The number of Topliss-reactive ketones (excluding diaryl/α,β-unsaturated/α-hetero) is 1. The first-order chi connectivity index (χ1) is 7.57. The molecular formula is C10H13NO3S2. The van der Waals surface area contributed by atoms with E-state index in [0.717, 1.165) is 4.88 Å². The summed E-state index contributed by atoms with van der Waals surface area (Å²) >= 11 is 1.42. The zero-order chi connectivity index (χ0) is 11.6. The zero-order valence-electron chi connectivity index (χ0n) is 8.76. The molecule has 0 N–H and O–H groups in total. The van der Waals surface area contributed by atoms with Crippen molar-refractivity contribution in [2.24, 2.45) is 0 Å². The molecule has 1 fully saturated rings. The molecule has 0 bridgehead atoms. The van der Waals surface area contributed by atoms with Crippen LogP contribution in [0, 0.1) is 0 Å². The van der Waals surface area contributed by atoms with Gasteiger partial charge >= 0.3 is 0 Å². The van der Waals surface area contributed by atoms with E-state index in [2.05, 4.69) is 0 Å². The summed E-state index contributed by atoms with van der Waals surface area (Å²) in [6, 6.07) is 3.65. The summed E-state index contributed by atoms with van der Waals surface area (Å²) in [5.41, 5.74) is 0. The van der Waals surface area contributed by atoms with Crippen LogP contribution in [-0.2, 0) is 9.84 Å². The van der Waals surface area contributed by atoms with Crippen LogP contribution >= 0.6 is 11.3 Å². The quantitative estimate of drug-likeness (QED) is 0.748. The predicted molar refractivity (Wildman–Crippen MR) is 63.7 cm³/mol. The average Bonchev–Trinajstić information content (AvgIpc) is 2.74. The van der Waals surface area contributed by atoms with Crippen LogP contribution in [0.25, 0.3) is 0 Å². The van der Waals surface area contributed by atoms with Crippen molar-refractivity contribution in [2.45, 2.75) is 0 Å². The van der Waals surface area contributed by atoms with Gasteiger partial charge in [0.15, 0.2) is 15.6 Å². The molecule has 0 atom stereocenters. The van der Waals surface area contributed by atoms with E-state index < -0.39 is 9.84 Å². The molecule has 1 aliphatic heterocycles. The number of thiophene rings is 1. The maximum atomic E-state index is 11.8. The van der Waals surface area contributed by atoms with Crippen molar-refractivity contribution >= 4 is 27.0 Å². The first-order valence-corrected chi connectivity index (χ1v) is 7.76. The second-order valence-corrected chi connectivity index (χ2v) is 7.08. The highest BCUT2D eigenvalue weighted by molar-refractivity contribution is 7.91. The zero-order valence-corrected chi connectivity index (χ0v) is 10.4. The van der Waals surface area contributed by atoms with Crippen molar-refractivity contribution in [3.8, 4) is 0 Å². The summed E-state index contributed by atoms with van der Waals surface area (Å²) in [4.78, 5) is 14.4. The molecule has 1 aliphatic rings. The maximum absolute atomic E-state index is 11.8. The molecule has 0 amide bonds. The summed E-state index contributed by atoms with van der Waals surface area (Å²) in [6.07, 6.45) is 0. The van der Waals surface area contributed by atoms with Gasteiger partial charge < -0.3 is 0 Å². The fraction of sp³-hybridized carbons (Fsp3) is 0.500. The van der Waals surface area contributed by atoms with Crippen molar-refractivity contribution in [3.05, 3.63) is 22.4 Å². The molecule has 88 valence electrons. The number of nitrogens with zero attached hydrogens (tertiary/aromatic N) is 1. The van der Waals surface area contributed by atoms with Crippen molar-refractivity contribution in [1.82, 2.24) is 4.90 Å². The number of ketones is 1. The second-order valence-electron chi connectivity index (χ2n) is 3.83. The van der Waals surface area contributed by atoms with Crippen molar-refractivity contribution < 1.29 is 13.2 Å². The summed E-state index contributed by atoms with van der Waals surface area (Å²) in [6.45, 7) is 1.27. The third-order valence-electron chi connectivity index (χ3n) is 2.60. The van der Waals surface area contributed by atoms with Crippen molar-refractivity contribution in [2.75, 3.05) is 31.1 Å². The Kier molecular flexibility index (Phi) is 3.41. The Morgan fingerprint density at radius 2 is 2.06 bits per heavy atom. The van der Waals surface area contributed by atoms with Gasteiger partial charge in [-0.25, -0.2) is 8.42 Å². The van der Waals surface area contributed by atoms with E-state index in [0.29, 0.717) is 19.6 Å². The minimum Gasteiger partial charge on any atom is -0.294 e. The van der Waals surface area contributed by atoms with Crippen LogP contribution in [0.1, 0.15) is 9.67 Å². The maximum Gasteiger partial charge on any atom is 0.186 e. The fourth-order valence-electron chi connectivity index (χ4n) is 1.63. The lowest BCUT2D eigenvalue weighted by atomic mass is 10.3. The third-order valence-corrected chi connectivity index (χ3v) is 5.12. The van der Waals surface area contributed by atoms with E-state index >= 15 is 0 Å². The Morgan fingerprint density at radius 3 is 2.62 bits per heavy atom. The van der Waals surface area contributed by atoms with Gasteiger partial charge in [-0.15, -0.1) is 11.3 Å². The van der Waals surface area contributed by atoms with Gasteiger partial charge in [0.1, 0.15) is 0 Å². The number of sulfone groups is 1. The molecule has 0 aromatic carbocycles. The highest BCUT2D eigenvalue weighted by atomic mass is 32.2. The van der Waals surface area contributed by atoms with Crippen molar-refractivity contribution in [3.63, 3.8) is 0 Å². The van der Waals surface area contributed by atoms with Gasteiger partial charge in [0.2, 0.25) is 0 Å². The van der Waals surface area contributed by atoms with Crippen LogP contribution in [0.15, 0.2) is 17.5 Å². The number of rotatable bonds is 3. The summed E-state index contributed by atoms with van der Waals surface area (Å²) in [7, 11) is -2.86. The molecular weight excluding hydrogens is 246 g/mol. The molecule has 4 nitrogen and oxygen atoms in total. The Balaban J connectivity index is 1.90. The van der Waals surface area contributed by atoms with Gasteiger partial charge in [-0.1, -0.05) is 6.07 Å². The lowest BCUT2D eigenvalue weighted by Crippen LogP contribution is -2.42. The van der Waals surface area contributed by atoms with Crippen LogP contribution in [-0.4, -0.2) is 50.2 Å². The van der Waals surface area contributed by atoms with Crippen LogP contribution in [0.2, 0.25) is 0 Å². The Labute approximate surface area is 98.8 Å². The molecule has 0 unspecified atom stereocenters. The van der Waals surface area contributed by atoms with Gasteiger partial charge in [-0.05, 0) is 11.4 Å². The Hall–Kier alpha value is -0.720. The van der Waals surface area contributed by atoms with E-state index in [9.17, 15) is 13.2 Å². The average molecular weight is 259 g/mol. The molecule has 1 aromatic rings. The molecule has 1 aromatic heterocycles. The van der Waals surface area contributed by atoms with E-state index in [4.69, 9.17) is 0 Å². The first kappa shape index (κ1) is 11.8. The molecule has 16 heavy (non-hydrogen) atoms. The summed E-state index contributed by atoms with van der Waals surface area (Å²) in [5, 5.41) is 1.87. The van der Waals surface area contributed by atoms with Gasteiger partial charge in [0.25, 0.3) is 0 Å². The Bertz CT molecular complexity index is 450. The largest absolute Gasteiger partial charge is 0.294 e. The number of hydrogen-bond acceptors (Lipinski definition) is 5. The van der Waals surface area contributed by atoms with Gasteiger partial charge in [-0.3, -0.25) is 9.69 Å². The Morgan fingerprint density at radius 1 is 1.38 bits per heavy atom. The molecule has 1 saturated heterocycles.